The molecule has 0 spiro atoms. The number of rotatable bonds is 6. The summed E-state index contributed by atoms with van der Waals surface area (Å²) < 4.78 is 31.0. The Morgan fingerprint density at radius 2 is 2.20 bits per heavy atom. The summed E-state index contributed by atoms with van der Waals surface area (Å²) >= 11 is 4.36. The third kappa shape index (κ3) is 3.66. The third-order valence-corrected chi connectivity index (χ3v) is 6.42. The molecular formula is C13H14BrNO3S2. The van der Waals surface area contributed by atoms with E-state index in [1.807, 2.05) is 30.3 Å². The van der Waals surface area contributed by atoms with Crippen molar-refractivity contribution >= 4 is 47.3 Å². The van der Waals surface area contributed by atoms with Gasteiger partial charge in [0, 0.05) is 7.11 Å². The summed E-state index contributed by atoms with van der Waals surface area (Å²) in [5, 5.41) is 0. The molecule has 0 amide bonds. The number of para-hydroxylation sites is 1. The Morgan fingerprint density at radius 1 is 1.45 bits per heavy atom. The SMILES string of the molecule is COC(C/C=C/Br)CS(=O)(=O)c1nc2ccccc2s1. The van der Waals surface area contributed by atoms with Crippen LogP contribution in [0.3, 0.4) is 0 Å². The molecule has 0 aliphatic heterocycles. The van der Waals surface area contributed by atoms with Crippen LogP contribution >= 0.6 is 27.3 Å². The van der Waals surface area contributed by atoms with Crippen molar-refractivity contribution in [3.63, 3.8) is 0 Å². The molecule has 0 saturated heterocycles. The number of thiazole rings is 1. The van der Waals surface area contributed by atoms with Gasteiger partial charge in [0.1, 0.15) is 0 Å². The van der Waals surface area contributed by atoms with Gasteiger partial charge in [-0.15, -0.1) is 11.3 Å². The van der Waals surface area contributed by atoms with E-state index in [1.54, 1.807) is 4.99 Å². The summed E-state index contributed by atoms with van der Waals surface area (Å²) in [5.41, 5.74) is 0.713. The summed E-state index contributed by atoms with van der Waals surface area (Å²) in [5.74, 6) is -0.0688. The maximum Gasteiger partial charge on any atom is 0.210 e. The Morgan fingerprint density at radius 3 is 2.85 bits per heavy atom. The first kappa shape index (κ1) is 15.6. The Hall–Kier alpha value is -0.760. The Kier molecular flexibility index (Phi) is 5.31. The van der Waals surface area contributed by atoms with Crippen molar-refractivity contribution in [1.82, 2.24) is 4.98 Å². The van der Waals surface area contributed by atoms with Gasteiger partial charge in [-0.25, -0.2) is 13.4 Å². The number of benzene rings is 1. The second-order valence-electron chi connectivity index (χ2n) is 4.18. The average molecular weight is 376 g/mol. The molecule has 1 aromatic heterocycles. The highest BCUT2D eigenvalue weighted by Gasteiger charge is 2.24. The molecular weight excluding hydrogens is 362 g/mol. The van der Waals surface area contributed by atoms with Crippen LogP contribution in [0.4, 0.5) is 0 Å². The molecule has 0 saturated carbocycles. The zero-order chi connectivity index (χ0) is 14.6. The topological polar surface area (TPSA) is 56.3 Å². The van der Waals surface area contributed by atoms with Crippen molar-refractivity contribution in [3.8, 4) is 0 Å². The van der Waals surface area contributed by atoms with Crippen LogP contribution in [0.2, 0.25) is 0 Å². The first-order valence-electron chi connectivity index (χ1n) is 5.93. The molecule has 1 heterocycles. The van der Waals surface area contributed by atoms with Crippen molar-refractivity contribution in [2.75, 3.05) is 12.9 Å². The van der Waals surface area contributed by atoms with Crippen LogP contribution in [-0.2, 0) is 14.6 Å². The molecule has 1 aromatic carbocycles. The number of sulfone groups is 1. The number of aromatic nitrogens is 1. The molecule has 0 radical (unpaired) electrons. The number of ether oxygens (including phenoxy) is 1. The van der Waals surface area contributed by atoms with Crippen LogP contribution in [-0.4, -0.2) is 32.4 Å². The minimum Gasteiger partial charge on any atom is -0.380 e. The molecule has 108 valence electrons. The molecule has 4 nitrogen and oxygen atoms in total. The number of nitrogens with zero attached hydrogens (tertiary/aromatic N) is 1. The van der Waals surface area contributed by atoms with Crippen molar-refractivity contribution in [2.24, 2.45) is 0 Å². The van der Waals surface area contributed by atoms with E-state index in [0.29, 0.717) is 11.9 Å². The summed E-state index contributed by atoms with van der Waals surface area (Å²) in [6, 6.07) is 7.40. The largest absolute Gasteiger partial charge is 0.380 e. The monoisotopic (exact) mass is 375 g/mol. The molecule has 0 N–H and O–H groups in total. The van der Waals surface area contributed by atoms with Gasteiger partial charge >= 0.3 is 0 Å². The van der Waals surface area contributed by atoms with Gasteiger partial charge in [-0.1, -0.05) is 34.1 Å². The number of hydrogen-bond acceptors (Lipinski definition) is 5. The zero-order valence-electron chi connectivity index (χ0n) is 10.8. The van der Waals surface area contributed by atoms with E-state index in [2.05, 4.69) is 20.9 Å². The van der Waals surface area contributed by atoms with Gasteiger partial charge in [-0.3, -0.25) is 0 Å². The fraction of sp³-hybridized carbons (Fsp3) is 0.308. The smallest absolute Gasteiger partial charge is 0.210 e. The third-order valence-electron chi connectivity index (χ3n) is 2.77. The van der Waals surface area contributed by atoms with E-state index < -0.39 is 9.84 Å². The van der Waals surface area contributed by atoms with Crippen molar-refractivity contribution < 1.29 is 13.2 Å². The van der Waals surface area contributed by atoms with Crippen LogP contribution in [0.25, 0.3) is 10.2 Å². The Labute approximate surface area is 130 Å². The van der Waals surface area contributed by atoms with Gasteiger partial charge in [0.25, 0.3) is 0 Å². The second kappa shape index (κ2) is 6.80. The fourth-order valence-corrected chi connectivity index (χ4v) is 4.77. The highest BCUT2D eigenvalue weighted by molar-refractivity contribution is 9.11. The average Bonchev–Trinajstić information content (AvgIpc) is 2.88. The lowest BCUT2D eigenvalue weighted by Gasteiger charge is -2.12. The standard InChI is InChI=1S/C13H14BrNO3S2/c1-18-10(5-4-8-14)9-20(16,17)13-15-11-6-2-3-7-12(11)19-13/h2-4,6-8,10H,5,9H2,1H3/b8-4+. The number of hydrogen-bond donors (Lipinski definition) is 0. The highest BCUT2D eigenvalue weighted by atomic mass is 79.9. The van der Waals surface area contributed by atoms with Crippen molar-refractivity contribution in [3.05, 3.63) is 35.3 Å². The fourth-order valence-electron chi connectivity index (χ4n) is 1.74. The van der Waals surface area contributed by atoms with Crippen LogP contribution in [0.15, 0.2) is 39.7 Å². The molecule has 0 bridgehead atoms. The van der Waals surface area contributed by atoms with Gasteiger partial charge in [0.05, 0.1) is 22.1 Å². The number of methoxy groups -OCH3 is 1. The van der Waals surface area contributed by atoms with Crippen LogP contribution in [0.5, 0.6) is 0 Å². The van der Waals surface area contributed by atoms with Crippen LogP contribution in [0.1, 0.15) is 6.42 Å². The van der Waals surface area contributed by atoms with Gasteiger partial charge in [0.2, 0.25) is 14.2 Å². The second-order valence-corrected chi connectivity index (χ2v) is 7.95. The zero-order valence-corrected chi connectivity index (χ0v) is 14.0. The maximum absolute atomic E-state index is 12.4. The normalized spacial score (nSPS) is 14.1. The van der Waals surface area contributed by atoms with Crippen LogP contribution < -0.4 is 0 Å². The first-order valence-corrected chi connectivity index (χ1v) is 9.31. The minimum absolute atomic E-state index is 0.0688. The predicted octanol–water partition coefficient (Wildman–Crippen LogP) is 3.38. The van der Waals surface area contributed by atoms with E-state index >= 15 is 0 Å². The summed E-state index contributed by atoms with van der Waals surface area (Å²) in [6.45, 7) is 0. The Balaban J connectivity index is 2.25. The molecule has 1 atom stereocenters. The molecule has 0 aliphatic rings. The molecule has 20 heavy (non-hydrogen) atoms. The minimum atomic E-state index is -3.43. The summed E-state index contributed by atoms with van der Waals surface area (Å²) in [7, 11) is -1.92. The van der Waals surface area contributed by atoms with E-state index in [4.69, 9.17) is 4.74 Å². The van der Waals surface area contributed by atoms with E-state index in [9.17, 15) is 8.42 Å². The number of halogens is 1. The lowest BCUT2D eigenvalue weighted by Crippen LogP contribution is -2.22. The van der Waals surface area contributed by atoms with E-state index in [1.165, 1.54) is 18.4 Å². The van der Waals surface area contributed by atoms with Gasteiger partial charge in [-0.2, -0.15) is 0 Å². The van der Waals surface area contributed by atoms with Gasteiger partial charge in [-0.05, 0) is 23.5 Å². The quantitative estimate of drug-likeness (QED) is 0.776. The van der Waals surface area contributed by atoms with Crippen LogP contribution in [0, 0.1) is 0 Å². The van der Waals surface area contributed by atoms with E-state index in [0.717, 1.165) is 4.70 Å². The lowest BCUT2D eigenvalue weighted by atomic mass is 10.3. The molecule has 0 fully saturated rings. The van der Waals surface area contributed by atoms with E-state index in [-0.39, 0.29) is 16.2 Å². The molecule has 2 rings (SSSR count). The van der Waals surface area contributed by atoms with Crippen molar-refractivity contribution in [1.29, 1.82) is 0 Å². The van der Waals surface area contributed by atoms with Crippen molar-refractivity contribution in [2.45, 2.75) is 16.9 Å². The molecule has 1 unspecified atom stereocenters. The molecule has 0 aliphatic carbocycles. The first-order chi connectivity index (χ1) is 9.56. The maximum atomic E-state index is 12.4. The highest BCUT2D eigenvalue weighted by Crippen LogP contribution is 2.26. The van der Waals surface area contributed by atoms with Gasteiger partial charge in [0.15, 0.2) is 0 Å². The Bertz CT molecular complexity index is 676. The molecule has 2 aromatic rings. The summed E-state index contributed by atoms with van der Waals surface area (Å²) in [4.78, 5) is 5.90. The molecule has 7 heteroatoms. The number of fused-ring (bicyclic) bond motifs is 1. The summed E-state index contributed by atoms with van der Waals surface area (Å²) in [6.07, 6.45) is 1.98. The lowest BCUT2D eigenvalue weighted by molar-refractivity contribution is 0.123. The van der Waals surface area contributed by atoms with Gasteiger partial charge < -0.3 is 4.74 Å². The predicted molar refractivity (Wildman–Crippen MR) is 85.2 cm³/mol.